The summed E-state index contributed by atoms with van der Waals surface area (Å²) in [6.07, 6.45) is 0. The molecule has 6 heteroatoms. The first kappa shape index (κ1) is 15.3. The van der Waals surface area contributed by atoms with Gasteiger partial charge in [0.2, 0.25) is 0 Å². The van der Waals surface area contributed by atoms with Crippen LogP contribution in [-0.4, -0.2) is 24.3 Å². The molecule has 0 aliphatic heterocycles. The van der Waals surface area contributed by atoms with Crippen LogP contribution < -0.4 is 0 Å². The van der Waals surface area contributed by atoms with Crippen LogP contribution in [0.2, 0.25) is 0 Å². The monoisotopic (exact) mass is 359 g/mol. The van der Waals surface area contributed by atoms with E-state index < -0.39 is 17.4 Å². The van der Waals surface area contributed by atoms with E-state index in [0.29, 0.717) is 6.54 Å². The minimum atomic E-state index is -0.691. The minimum absolute atomic E-state index is 0.0376. The number of hydrogen-bond donors (Lipinski definition) is 0. The maximum atomic E-state index is 13.5. The summed E-state index contributed by atoms with van der Waals surface area (Å²) in [7, 11) is 1.77. The molecule has 2 nitrogen and oxygen atoms in total. The van der Waals surface area contributed by atoms with Crippen LogP contribution >= 0.6 is 27.3 Å². The number of thiophene rings is 1. The van der Waals surface area contributed by atoms with Crippen LogP contribution in [0.3, 0.4) is 0 Å². The lowest BCUT2D eigenvalue weighted by Gasteiger charge is -2.14. The molecule has 20 heavy (non-hydrogen) atoms. The molecule has 0 aliphatic carbocycles. The van der Waals surface area contributed by atoms with Crippen LogP contribution in [0.25, 0.3) is 0 Å². The zero-order valence-corrected chi connectivity index (χ0v) is 13.1. The van der Waals surface area contributed by atoms with Crippen LogP contribution in [0.15, 0.2) is 34.1 Å². The van der Waals surface area contributed by atoms with E-state index in [9.17, 15) is 13.6 Å². The van der Waals surface area contributed by atoms with Gasteiger partial charge in [0.05, 0.1) is 12.1 Å². The summed E-state index contributed by atoms with van der Waals surface area (Å²) >= 11 is 4.93. The Morgan fingerprint density at radius 2 is 2.10 bits per heavy atom. The molecule has 2 aromatic rings. The van der Waals surface area contributed by atoms with Crippen molar-refractivity contribution in [3.05, 3.63) is 56.2 Å². The normalized spacial score (nSPS) is 11.1. The Hall–Kier alpha value is -1.11. The number of carbonyl (C=O) groups is 1. The molecule has 1 heterocycles. The predicted molar refractivity (Wildman–Crippen MR) is 79.0 cm³/mol. The Balaban J connectivity index is 2.02. The highest BCUT2D eigenvalue weighted by molar-refractivity contribution is 9.10. The Morgan fingerprint density at radius 1 is 1.35 bits per heavy atom. The number of benzene rings is 1. The van der Waals surface area contributed by atoms with Gasteiger partial charge in [0, 0.05) is 21.3 Å². The number of hydrogen-bond acceptors (Lipinski definition) is 3. The third-order valence-corrected chi connectivity index (χ3v) is 4.37. The van der Waals surface area contributed by atoms with Crippen molar-refractivity contribution in [2.75, 3.05) is 13.6 Å². The Labute approximate surface area is 128 Å². The highest BCUT2D eigenvalue weighted by Crippen LogP contribution is 2.21. The van der Waals surface area contributed by atoms with E-state index in [1.165, 1.54) is 0 Å². The summed E-state index contributed by atoms with van der Waals surface area (Å²) < 4.78 is 27.5. The van der Waals surface area contributed by atoms with Crippen LogP contribution in [0.1, 0.15) is 15.2 Å². The standard InChI is InChI=1S/C14H12BrF2NOS/c1-18(6-11-4-9(15)8-20-11)7-14(19)12-5-10(16)2-3-13(12)17/h2-5,8H,6-7H2,1H3. The zero-order chi connectivity index (χ0) is 14.7. The average molecular weight is 360 g/mol. The minimum Gasteiger partial charge on any atom is -0.294 e. The molecule has 0 amide bonds. The number of halogens is 3. The molecule has 0 N–H and O–H groups in total. The first-order valence-corrected chi connectivity index (χ1v) is 7.52. The third-order valence-electron chi connectivity index (χ3n) is 2.69. The summed E-state index contributed by atoms with van der Waals surface area (Å²) in [6.45, 7) is 0.620. The van der Waals surface area contributed by atoms with E-state index in [0.717, 1.165) is 27.5 Å². The van der Waals surface area contributed by atoms with Gasteiger partial charge in [-0.15, -0.1) is 11.3 Å². The van der Waals surface area contributed by atoms with E-state index in [-0.39, 0.29) is 12.1 Å². The molecule has 0 spiro atoms. The molecule has 0 aliphatic rings. The fourth-order valence-electron chi connectivity index (χ4n) is 1.80. The molecule has 0 fully saturated rings. The summed E-state index contributed by atoms with van der Waals surface area (Å²) in [4.78, 5) is 14.8. The van der Waals surface area contributed by atoms with Crippen molar-refractivity contribution < 1.29 is 13.6 Å². The molecule has 0 atom stereocenters. The first-order valence-electron chi connectivity index (χ1n) is 5.85. The van der Waals surface area contributed by atoms with Crippen LogP contribution in [0.4, 0.5) is 8.78 Å². The molecule has 0 unspecified atom stereocenters. The molecule has 0 bridgehead atoms. The number of carbonyl (C=O) groups excluding carboxylic acids is 1. The second kappa shape index (κ2) is 6.56. The maximum absolute atomic E-state index is 13.5. The molecular weight excluding hydrogens is 348 g/mol. The lowest BCUT2D eigenvalue weighted by Crippen LogP contribution is -2.26. The molecular formula is C14H12BrF2NOS. The second-order valence-electron chi connectivity index (χ2n) is 4.45. The van der Waals surface area contributed by atoms with Gasteiger partial charge in [-0.1, -0.05) is 0 Å². The number of likely N-dealkylation sites (N-methyl/N-ethyl adjacent to an activating group) is 1. The topological polar surface area (TPSA) is 20.3 Å². The lowest BCUT2D eigenvalue weighted by molar-refractivity contribution is 0.0939. The van der Waals surface area contributed by atoms with E-state index in [2.05, 4.69) is 15.9 Å². The number of Topliss-reactive ketones (excluding diaryl/α,β-unsaturated/α-hetero) is 1. The SMILES string of the molecule is CN(CC(=O)c1cc(F)ccc1F)Cc1cc(Br)cs1. The van der Waals surface area contributed by atoms with E-state index >= 15 is 0 Å². The highest BCUT2D eigenvalue weighted by atomic mass is 79.9. The molecule has 1 aromatic heterocycles. The van der Waals surface area contributed by atoms with Crippen molar-refractivity contribution >= 4 is 33.0 Å². The van der Waals surface area contributed by atoms with Gasteiger partial charge >= 0.3 is 0 Å². The summed E-state index contributed by atoms with van der Waals surface area (Å²) in [5, 5.41) is 1.96. The fraction of sp³-hybridized carbons (Fsp3) is 0.214. The third kappa shape index (κ3) is 3.94. The molecule has 2 rings (SSSR count). The van der Waals surface area contributed by atoms with Gasteiger partial charge in [0.15, 0.2) is 5.78 Å². The van der Waals surface area contributed by atoms with Gasteiger partial charge in [0.1, 0.15) is 11.6 Å². The van der Waals surface area contributed by atoms with Gasteiger partial charge in [0.25, 0.3) is 0 Å². The number of ketones is 1. The van der Waals surface area contributed by atoms with E-state index in [1.807, 2.05) is 11.4 Å². The van der Waals surface area contributed by atoms with Gasteiger partial charge in [-0.05, 0) is 47.2 Å². The van der Waals surface area contributed by atoms with Gasteiger partial charge in [-0.3, -0.25) is 9.69 Å². The molecule has 1 aromatic carbocycles. The molecule has 0 saturated heterocycles. The van der Waals surface area contributed by atoms with Crippen LogP contribution in [0, 0.1) is 11.6 Å². The van der Waals surface area contributed by atoms with Crippen molar-refractivity contribution in [2.45, 2.75) is 6.54 Å². The zero-order valence-electron chi connectivity index (χ0n) is 10.7. The summed E-state index contributed by atoms with van der Waals surface area (Å²) in [5.41, 5.74) is -0.204. The van der Waals surface area contributed by atoms with Crippen molar-refractivity contribution in [3.63, 3.8) is 0 Å². The Kier molecular flexibility index (Phi) is 5.01. The molecule has 106 valence electrons. The molecule has 0 saturated carbocycles. The van der Waals surface area contributed by atoms with Crippen LogP contribution in [-0.2, 0) is 6.54 Å². The van der Waals surface area contributed by atoms with E-state index in [4.69, 9.17) is 0 Å². The Morgan fingerprint density at radius 3 is 2.75 bits per heavy atom. The van der Waals surface area contributed by atoms with Crippen LogP contribution in [0.5, 0.6) is 0 Å². The largest absolute Gasteiger partial charge is 0.294 e. The van der Waals surface area contributed by atoms with Crippen molar-refractivity contribution in [2.24, 2.45) is 0 Å². The summed E-state index contributed by atoms with van der Waals surface area (Å²) in [5.74, 6) is -1.73. The van der Waals surface area contributed by atoms with Crippen molar-refractivity contribution in [3.8, 4) is 0 Å². The average Bonchev–Trinajstić information content (AvgIpc) is 2.77. The quantitative estimate of drug-likeness (QED) is 0.749. The summed E-state index contributed by atoms with van der Waals surface area (Å²) in [6, 6.07) is 4.87. The van der Waals surface area contributed by atoms with Crippen molar-refractivity contribution in [1.29, 1.82) is 0 Å². The van der Waals surface area contributed by atoms with Gasteiger partial charge in [-0.25, -0.2) is 8.78 Å². The number of rotatable bonds is 5. The van der Waals surface area contributed by atoms with E-state index in [1.54, 1.807) is 23.3 Å². The Bertz CT molecular complexity index is 629. The van der Waals surface area contributed by atoms with Gasteiger partial charge in [-0.2, -0.15) is 0 Å². The number of nitrogens with zero attached hydrogens (tertiary/aromatic N) is 1. The maximum Gasteiger partial charge on any atom is 0.179 e. The van der Waals surface area contributed by atoms with Gasteiger partial charge < -0.3 is 0 Å². The second-order valence-corrected chi connectivity index (χ2v) is 6.36. The fourth-order valence-corrected chi connectivity index (χ4v) is 3.33. The highest BCUT2D eigenvalue weighted by Gasteiger charge is 2.15. The smallest absolute Gasteiger partial charge is 0.179 e. The van der Waals surface area contributed by atoms with Crippen molar-refractivity contribution in [1.82, 2.24) is 4.90 Å². The predicted octanol–water partition coefficient (Wildman–Crippen LogP) is 4.10. The lowest BCUT2D eigenvalue weighted by atomic mass is 10.1. The molecule has 0 radical (unpaired) electrons. The first-order chi connectivity index (χ1) is 9.45.